The zero-order valence-electron chi connectivity index (χ0n) is 45.5. The van der Waals surface area contributed by atoms with Gasteiger partial charge in [-0.25, -0.2) is 0 Å². The van der Waals surface area contributed by atoms with Crippen molar-refractivity contribution in [2.45, 2.75) is 289 Å². The Labute approximate surface area is 429 Å². The molecule has 396 valence electrons. The summed E-state index contributed by atoms with van der Waals surface area (Å²) in [5.41, 5.74) is 0. The zero-order valence-corrected chi connectivity index (χ0v) is 45.5. The van der Waals surface area contributed by atoms with E-state index in [0.29, 0.717) is 6.42 Å². The fraction of sp³-hybridized carbons (Fsp3) is 0.708. The van der Waals surface area contributed by atoms with Gasteiger partial charge in [0.25, 0.3) is 0 Å². The summed E-state index contributed by atoms with van der Waals surface area (Å²) in [6, 6.07) is -0.660. The van der Waals surface area contributed by atoms with Gasteiger partial charge < -0.3 is 15.5 Å². The van der Waals surface area contributed by atoms with Gasteiger partial charge in [0.1, 0.15) is 0 Å². The van der Waals surface area contributed by atoms with E-state index in [1.807, 2.05) is 6.08 Å². The van der Waals surface area contributed by atoms with Crippen LogP contribution in [0.5, 0.6) is 0 Å². The molecule has 3 N–H and O–H groups in total. The van der Waals surface area contributed by atoms with Gasteiger partial charge in [0.05, 0.1) is 18.8 Å². The highest BCUT2D eigenvalue weighted by Gasteiger charge is 2.18. The van der Waals surface area contributed by atoms with E-state index in [0.717, 1.165) is 89.9 Å². The molecule has 0 aliphatic heterocycles. The Kier molecular flexibility index (Phi) is 56.8. The summed E-state index contributed by atoms with van der Waals surface area (Å²) in [6.07, 6.45) is 89.8. The molecule has 0 bridgehead atoms. The van der Waals surface area contributed by atoms with Crippen LogP contribution in [0.3, 0.4) is 0 Å². The van der Waals surface area contributed by atoms with Crippen molar-refractivity contribution in [3.8, 4) is 0 Å². The predicted molar refractivity (Wildman–Crippen MR) is 308 cm³/mol. The molecule has 0 aromatic carbocycles. The summed E-state index contributed by atoms with van der Waals surface area (Å²) in [6.45, 7) is 4.19. The molecule has 2 unspecified atom stereocenters. The SMILES string of the molecule is CC/C=C\C/C=C\C/C=C\C/C=C\C/C=C\C/C=C\C/C=C\CCCCCCCC(=O)NC(CO)C(O)/C=C/CC/C=C/CCCCCCCCCCCCCCCCCCCCCCCCCC. The van der Waals surface area contributed by atoms with Crippen molar-refractivity contribution in [2.24, 2.45) is 0 Å². The van der Waals surface area contributed by atoms with Gasteiger partial charge >= 0.3 is 0 Å². The van der Waals surface area contributed by atoms with Crippen LogP contribution in [0, 0.1) is 0 Å². The summed E-state index contributed by atoms with van der Waals surface area (Å²) in [5, 5.41) is 23.2. The third kappa shape index (κ3) is 55.8. The number of hydrogen-bond donors (Lipinski definition) is 3. The second kappa shape index (κ2) is 59.4. The van der Waals surface area contributed by atoms with Crippen LogP contribution in [0.2, 0.25) is 0 Å². The van der Waals surface area contributed by atoms with Crippen LogP contribution < -0.4 is 5.32 Å². The molecule has 0 aliphatic carbocycles. The predicted octanol–water partition coefficient (Wildman–Crippen LogP) is 19.9. The van der Waals surface area contributed by atoms with Gasteiger partial charge in [0.15, 0.2) is 0 Å². The second-order valence-electron chi connectivity index (χ2n) is 19.7. The first-order valence-electron chi connectivity index (χ1n) is 29.6. The molecule has 0 fully saturated rings. The maximum Gasteiger partial charge on any atom is 0.220 e. The fourth-order valence-corrected chi connectivity index (χ4v) is 8.53. The molecule has 0 radical (unpaired) electrons. The normalized spacial score (nSPS) is 13.6. The van der Waals surface area contributed by atoms with Gasteiger partial charge in [-0.1, -0.05) is 290 Å². The molecule has 0 saturated carbocycles. The molecule has 2 atom stereocenters. The van der Waals surface area contributed by atoms with Crippen molar-refractivity contribution in [3.05, 3.63) is 109 Å². The van der Waals surface area contributed by atoms with Gasteiger partial charge in [-0.05, 0) is 89.9 Å². The maximum absolute atomic E-state index is 12.5. The minimum atomic E-state index is -0.880. The standard InChI is InChI=1S/C65H113NO3/c1-3-5-7-9-11-13-15-17-19-21-23-25-27-29-31-32-33-35-36-38-40-42-44-46-48-50-52-54-56-58-60-64(68)63(62-67)66-65(69)61-59-57-55-53-51-49-47-45-43-41-39-37-34-30-28-26-24-22-20-18-16-14-12-10-8-6-4-2/h6,8,12,14,18,20,24,26,30,34,39,41,45,47,50,52,58,60,63-64,67-68H,3-5,7,9-11,13,15-17,19,21-23,25,27-29,31-33,35-38,40,42-44,46,48-49,51,53-57,59,61-62H2,1-2H3,(H,66,69)/b8-6-,14-12-,20-18-,26-24-,34-30-,41-39-,47-45-,52-50+,60-58+. The fourth-order valence-electron chi connectivity index (χ4n) is 8.53. The quantitative estimate of drug-likeness (QED) is 0.0420. The number of aliphatic hydroxyl groups is 2. The summed E-state index contributed by atoms with van der Waals surface area (Å²) in [5.74, 6) is -0.0949. The van der Waals surface area contributed by atoms with Crippen LogP contribution in [-0.4, -0.2) is 34.9 Å². The molecule has 1 amide bonds. The van der Waals surface area contributed by atoms with Gasteiger partial charge in [0.2, 0.25) is 5.91 Å². The second-order valence-corrected chi connectivity index (χ2v) is 19.7. The summed E-state index contributed by atoms with van der Waals surface area (Å²) >= 11 is 0. The van der Waals surface area contributed by atoms with Crippen molar-refractivity contribution in [3.63, 3.8) is 0 Å². The molecule has 0 saturated heterocycles. The van der Waals surface area contributed by atoms with Crippen LogP contribution >= 0.6 is 0 Å². The molecule has 0 heterocycles. The smallest absolute Gasteiger partial charge is 0.220 e. The molecule has 0 spiro atoms. The summed E-state index contributed by atoms with van der Waals surface area (Å²) in [4.78, 5) is 12.5. The van der Waals surface area contributed by atoms with Crippen LogP contribution in [0.15, 0.2) is 109 Å². The largest absolute Gasteiger partial charge is 0.394 e. The van der Waals surface area contributed by atoms with Gasteiger partial charge in [-0.15, -0.1) is 0 Å². The summed E-state index contributed by atoms with van der Waals surface area (Å²) in [7, 11) is 0. The number of carbonyl (C=O) groups excluding carboxylic acids is 1. The van der Waals surface area contributed by atoms with E-state index in [-0.39, 0.29) is 12.5 Å². The molecular formula is C65H113NO3. The number of amides is 1. The minimum absolute atomic E-state index is 0.0949. The first kappa shape index (κ1) is 66.0. The molecule has 4 heteroatoms. The highest BCUT2D eigenvalue weighted by atomic mass is 16.3. The summed E-state index contributed by atoms with van der Waals surface area (Å²) < 4.78 is 0. The van der Waals surface area contributed by atoms with Crippen LogP contribution in [-0.2, 0) is 4.79 Å². The van der Waals surface area contributed by atoms with E-state index in [9.17, 15) is 15.0 Å². The van der Waals surface area contributed by atoms with E-state index < -0.39 is 12.1 Å². The van der Waals surface area contributed by atoms with E-state index in [4.69, 9.17) is 0 Å². The first-order valence-corrected chi connectivity index (χ1v) is 29.6. The number of nitrogens with one attached hydrogen (secondary N) is 1. The number of carbonyl (C=O) groups is 1. The Morgan fingerprint density at radius 3 is 1.01 bits per heavy atom. The van der Waals surface area contributed by atoms with E-state index in [1.165, 1.54) is 167 Å². The van der Waals surface area contributed by atoms with Crippen molar-refractivity contribution in [1.29, 1.82) is 0 Å². The highest BCUT2D eigenvalue weighted by molar-refractivity contribution is 5.76. The lowest BCUT2D eigenvalue weighted by Gasteiger charge is -2.19. The van der Waals surface area contributed by atoms with Gasteiger partial charge in [0, 0.05) is 6.42 Å². The number of rotatable bonds is 53. The average Bonchev–Trinajstić information content (AvgIpc) is 3.35. The minimum Gasteiger partial charge on any atom is -0.394 e. The van der Waals surface area contributed by atoms with Gasteiger partial charge in [-0.2, -0.15) is 0 Å². The Hall–Kier alpha value is -2.95. The average molecular weight is 957 g/mol. The topological polar surface area (TPSA) is 69.6 Å². The lowest BCUT2D eigenvalue weighted by atomic mass is 10.0. The molecule has 4 nitrogen and oxygen atoms in total. The third-order valence-electron chi connectivity index (χ3n) is 13.0. The lowest BCUT2D eigenvalue weighted by Crippen LogP contribution is -2.45. The van der Waals surface area contributed by atoms with Crippen molar-refractivity contribution in [2.75, 3.05) is 6.61 Å². The van der Waals surface area contributed by atoms with Crippen molar-refractivity contribution >= 4 is 5.91 Å². The van der Waals surface area contributed by atoms with Crippen LogP contribution in [0.1, 0.15) is 277 Å². The van der Waals surface area contributed by atoms with Gasteiger partial charge in [-0.3, -0.25) is 4.79 Å². The van der Waals surface area contributed by atoms with E-state index in [2.05, 4.69) is 116 Å². The highest BCUT2D eigenvalue weighted by Crippen LogP contribution is 2.16. The molecular weight excluding hydrogens is 843 g/mol. The Morgan fingerprint density at radius 2 is 0.652 bits per heavy atom. The molecule has 0 aromatic heterocycles. The molecule has 69 heavy (non-hydrogen) atoms. The lowest BCUT2D eigenvalue weighted by molar-refractivity contribution is -0.123. The van der Waals surface area contributed by atoms with Crippen LogP contribution in [0.4, 0.5) is 0 Å². The first-order chi connectivity index (χ1) is 34.2. The number of allylic oxidation sites excluding steroid dienone is 17. The van der Waals surface area contributed by atoms with E-state index >= 15 is 0 Å². The molecule has 0 aromatic rings. The zero-order chi connectivity index (χ0) is 49.9. The molecule has 0 rings (SSSR count). The maximum atomic E-state index is 12.5. The van der Waals surface area contributed by atoms with E-state index in [1.54, 1.807) is 6.08 Å². The Morgan fingerprint density at radius 1 is 0.362 bits per heavy atom. The Balaban J connectivity index is 3.61. The van der Waals surface area contributed by atoms with Crippen molar-refractivity contribution in [1.82, 2.24) is 5.32 Å². The van der Waals surface area contributed by atoms with Crippen molar-refractivity contribution < 1.29 is 15.0 Å². The Bertz CT molecular complexity index is 1310. The third-order valence-corrected chi connectivity index (χ3v) is 13.0. The number of unbranched alkanes of at least 4 members (excludes halogenated alkanes) is 30. The number of hydrogen-bond acceptors (Lipinski definition) is 3. The molecule has 0 aliphatic rings. The number of aliphatic hydroxyl groups excluding tert-OH is 2. The van der Waals surface area contributed by atoms with Crippen LogP contribution in [0.25, 0.3) is 0 Å². The monoisotopic (exact) mass is 956 g/mol.